The second-order valence-electron chi connectivity index (χ2n) is 5.48. The molecule has 2 nitrogen and oxygen atoms in total. The molecule has 21 heavy (non-hydrogen) atoms. The molecule has 0 aliphatic heterocycles. The van der Waals surface area contributed by atoms with Gasteiger partial charge in [-0.15, -0.1) is 0 Å². The molecule has 0 heterocycles. The van der Waals surface area contributed by atoms with Gasteiger partial charge in [0.2, 0.25) is 0 Å². The van der Waals surface area contributed by atoms with Crippen LogP contribution in [0.2, 0.25) is 5.02 Å². The zero-order valence-electron chi connectivity index (χ0n) is 12.5. The van der Waals surface area contributed by atoms with Crippen molar-refractivity contribution in [3.63, 3.8) is 0 Å². The maximum atomic E-state index is 10.3. The van der Waals surface area contributed by atoms with E-state index in [-0.39, 0.29) is 6.04 Å². The standard InChI is InChI=1S/C18H22ClNO/c1-13-7-3-5-9-16(13)18(21)12-20-14(2)11-15-8-4-6-10-17(15)19/h3-10,14,18,20-21H,11-12H2,1-2H3/t14-,18+/m1/s1. The number of aryl methyl sites for hydroxylation is 1. The summed E-state index contributed by atoms with van der Waals surface area (Å²) in [4.78, 5) is 0. The van der Waals surface area contributed by atoms with Gasteiger partial charge in [0, 0.05) is 17.6 Å². The van der Waals surface area contributed by atoms with Crippen LogP contribution >= 0.6 is 11.6 Å². The van der Waals surface area contributed by atoms with Crippen LogP contribution in [-0.4, -0.2) is 17.7 Å². The number of hydrogen-bond acceptors (Lipinski definition) is 2. The van der Waals surface area contributed by atoms with Gasteiger partial charge in [0.05, 0.1) is 6.10 Å². The third-order valence-electron chi connectivity index (χ3n) is 3.69. The topological polar surface area (TPSA) is 32.3 Å². The highest BCUT2D eigenvalue weighted by Gasteiger charge is 2.12. The number of aliphatic hydroxyl groups is 1. The van der Waals surface area contributed by atoms with E-state index in [2.05, 4.69) is 12.2 Å². The number of hydrogen-bond donors (Lipinski definition) is 2. The number of nitrogens with one attached hydrogen (secondary N) is 1. The number of halogens is 1. The van der Waals surface area contributed by atoms with Crippen molar-refractivity contribution < 1.29 is 5.11 Å². The van der Waals surface area contributed by atoms with Gasteiger partial charge in [-0.25, -0.2) is 0 Å². The Kier molecular flexibility index (Phi) is 5.80. The van der Waals surface area contributed by atoms with E-state index in [0.29, 0.717) is 6.54 Å². The van der Waals surface area contributed by atoms with Gasteiger partial charge < -0.3 is 10.4 Å². The Labute approximate surface area is 131 Å². The summed E-state index contributed by atoms with van der Waals surface area (Å²) >= 11 is 6.17. The van der Waals surface area contributed by atoms with E-state index in [0.717, 1.165) is 28.1 Å². The van der Waals surface area contributed by atoms with E-state index in [9.17, 15) is 5.11 Å². The molecule has 0 saturated heterocycles. The highest BCUT2D eigenvalue weighted by atomic mass is 35.5. The minimum absolute atomic E-state index is 0.253. The SMILES string of the molecule is Cc1ccccc1[C@@H](O)CN[C@H](C)Cc1ccccc1Cl. The van der Waals surface area contributed by atoms with Gasteiger partial charge in [-0.2, -0.15) is 0 Å². The summed E-state index contributed by atoms with van der Waals surface area (Å²) in [6, 6.07) is 16.1. The summed E-state index contributed by atoms with van der Waals surface area (Å²) in [6.07, 6.45) is 0.361. The number of benzene rings is 2. The van der Waals surface area contributed by atoms with E-state index >= 15 is 0 Å². The normalized spacial score (nSPS) is 13.9. The van der Waals surface area contributed by atoms with Crippen molar-refractivity contribution >= 4 is 11.6 Å². The van der Waals surface area contributed by atoms with Crippen molar-refractivity contribution in [1.82, 2.24) is 5.32 Å². The highest BCUT2D eigenvalue weighted by Crippen LogP contribution is 2.18. The Morgan fingerprint density at radius 1 is 1.10 bits per heavy atom. The van der Waals surface area contributed by atoms with E-state index < -0.39 is 6.10 Å². The van der Waals surface area contributed by atoms with Crippen molar-refractivity contribution in [2.45, 2.75) is 32.4 Å². The third kappa shape index (κ3) is 4.57. The largest absolute Gasteiger partial charge is 0.387 e. The van der Waals surface area contributed by atoms with Crippen LogP contribution in [-0.2, 0) is 6.42 Å². The minimum atomic E-state index is -0.486. The molecule has 2 N–H and O–H groups in total. The summed E-state index contributed by atoms with van der Waals surface area (Å²) in [5.74, 6) is 0. The van der Waals surface area contributed by atoms with Gasteiger partial charge in [0.25, 0.3) is 0 Å². The van der Waals surface area contributed by atoms with E-state index in [1.807, 2.05) is 55.5 Å². The van der Waals surface area contributed by atoms with Crippen LogP contribution in [0.4, 0.5) is 0 Å². The average molecular weight is 304 g/mol. The van der Waals surface area contributed by atoms with E-state index in [1.165, 1.54) is 0 Å². The van der Waals surface area contributed by atoms with Gasteiger partial charge in [-0.1, -0.05) is 54.1 Å². The average Bonchev–Trinajstić information content (AvgIpc) is 2.48. The molecule has 2 aromatic rings. The Hall–Kier alpha value is -1.35. The van der Waals surface area contributed by atoms with Gasteiger partial charge in [-0.3, -0.25) is 0 Å². The zero-order valence-corrected chi connectivity index (χ0v) is 13.3. The first-order valence-corrected chi connectivity index (χ1v) is 7.66. The van der Waals surface area contributed by atoms with Gasteiger partial charge in [0.1, 0.15) is 0 Å². The van der Waals surface area contributed by atoms with Crippen LogP contribution in [0.25, 0.3) is 0 Å². The third-order valence-corrected chi connectivity index (χ3v) is 4.06. The van der Waals surface area contributed by atoms with E-state index in [1.54, 1.807) is 0 Å². The maximum Gasteiger partial charge on any atom is 0.0917 e. The van der Waals surface area contributed by atoms with Crippen molar-refractivity contribution in [3.8, 4) is 0 Å². The van der Waals surface area contributed by atoms with Crippen LogP contribution in [0.1, 0.15) is 29.7 Å². The maximum absolute atomic E-state index is 10.3. The molecule has 0 aliphatic carbocycles. The van der Waals surface area contributed by atoms with Crippen LogP contribution in [0, 0.1) is 6.92 Å². The summed E-state index contributed by atoms with van der Waals surface area (Å²) in [6.45, 7) is 4.66. The lowest BCUT2D eigenvalue weighted by Crippen LogP contribution is -2.32. The number of aliphatic hydroxyl groups excluding tert-OH is 1. The van der Waals surface area contributed by atoms with Crippen LogP contribution in [0.15, 0.2) is 48.5 Å². The molecule has 2 atom stereocenters. The first kappa shape index (κ1) is 16.0. The van der Waals surface area contributed by atoms with Crippen LogP contribution in [0.3, 0.4) is 0 Å². The molecule has 0 spiro atoms. The highest BCUT2D eigenvalue weighted by molar-refractivity contribution is 6.31. The molecule has 112 valence electrons. The molecule has 0 fully saturated rings. The van der Waals surface area contributed by atoms with E-state index in [4.69, 9.17) is 11.6 Å². The molecular weight excluding hydrogens is 282 g/mol. The van der Waals surface area contributed by atoms with Crippen molar-refractivity contribution in [2.24, 2.45) is 0 Å². The fraction of sp³-hybridized carbons (Fsp3) is 0.333. The first-order valence-electron chi connectivity index (χ1n) is 7.28. The predicted molar refractivity (Wildman–Crippen MR) is 88.8 cm³/mol. The second kappa shape index (κ2) is 7.60. The fourth-order valence-corrected chi connectivity index (χ4v) is 2.66. The minimum Gasteiger partial charge on any atom is -0.387 e. The van der Waals surface area contributed by atoms with Gasteiger partial charge in [0.15, 0.2) is 0 Å². The van der Waals surface area contributed by atoms with Gasteiger partial charge >= 0.3 is 0 Å². The summed E-state index contributed by atoms with van der Waals surface area (Å²) < 4.78 is 0. The Bertz CT molecular complexity index is 585. The van der Waals surface area contributed by atoms with Crippen molar-refractivity contribution in [1.29, 1.82) is 0 Å². The molecular formula is C18H22ClNO. The molecule has 2 rings (SSSR count). The summed E-state index contributed by atoms with van der Waals surface area (Å²) in [7, 11) is 0. The summed E-state index contributed by atoms with van der Waals surface area (Å²) in [5.41, 5.74) is 3.23. The number of rotatable bonds is 6. The van der Waals surface area contributed by atoms with Crippen LogP contribution in [0.5, 0.6) is 0 Å². The van der Waals surface area contributed by atoms with Gasteiger partial charge in [-0.05, 0) is 43.0 Å². The molecule has 0 radical (unpaired) electrons. The zero-order chi connectivity index (χ0) is 15.2. The lowest BCUT2D eigenvalue weighted by atomic mass is 10.0. The van der Waals surface area contributed by atoms with Crippen molar-refractivity contribution in [2.75, 3.05) is 6.54 Å². The molecule has 0 bridgehead atoms. The predicted octanol–water partition coefficient (Wildman–Crippen LogP) is 3.90. The molecule has 0 aliphatic rings. The van der Waals surface area contributed by atoms with Crippen LogP contribution < -0.4 is 5.32 Å². The molecule has 0 saturated carbocycles. The fourth-order valence-electron chi connectivity index (χ4n) is 2.45. The molecule has 0 aromatic heterocycles. The monoisotopic (exact) mass is 303 g/mol. The Balaban J connectivity index is 1.88. The Morgan fingerprint density at radius 2 is 1.76 bits per heavy atom. The molecule has 0 amide bonds. The smallest absolute Gasteiger partial charge is 0.0917 e. The molecule has 3 heteroatoms. The Morgan fingerprint density at radius 3 is 2.48 bits per heavy atom. The molecule has 2 aromatic carbocycles. The second-order valence-corrected chi connectivity index (χ2v) is 5.88. The summed E-state index contributed by atoms with van der Waals surface area (Å²) in [5, 5.41) is 14.5. The lowest BCUT2D eigenvalue weighted by Gasteiger charge is -2.19. The first-order chi connectivity index (χ1) is 10.1. The molecule has 0 unspecified atom stereocenters. The lowest BCUT2D eigenvalue weighted by molar-refractivity contribution is 0.170. The van der Waals surface area contributed by atoms with Crippen molar-refractivity contribution in [3.05, 3.63) is 70.2 Å². The quantitative estimate of drug-likeness (QED) is 0.848.